The number of rotatable bonds is 3. The summed E-state index contributed by atoms with van der Waals surface area (Å²) in [5.41, 5.74) is 10.6. The highest BCUT2D eigenvalue weighted by Crippen LogP contribution is 2.27. The van der Waals surface area contributed by atoms with Crippen molar-refractivity contribution in [1.82, 2.24) is 0 Å². The number of hydrogen-bond donors (Lipinski definition) is 1. The minimum atomic E-state index is -0.152. The monoisotopic (exact) mass is 275 g/mol. The molecule has 0 saturated heterocycles. The van der Waals surface area contributed by atoms with Crippen LogP contribution in [0.3, 0.4) is 0 Å². The minimum Gasteiger partial charge on any atom is -0.496 e. The van der Waals surface area contributed by atoms with Crippen molar-refractivity contribution in [1.29, 1.82) is 0 Å². The average Bonchev–Trinajstić information content (AvgIpc) is 2.41. The number of halogens is 1. The third-order valence-corrected chi connectivity index (χ3v) is 3.74. The Kier molecular flexibility index (Phi) is 4.13. The fourth-order valence-electron chi connectivity index (χ4n) is 2.15. The molecule has 2 aromatic rings. The van der Waals surface area contributed by atoms with Crippen LogP contribution in [0, 0.1) is 13.8 Å². The fraction of sp³-hybridized carbons (Fsp3) is 0.250. The molecule has 2 nitrogen and oxygen atoms in total. The maximum atomic E-state index is 6.31. The van der Waals surface area contributed by atoms with Crippen LogP contribution in [-0.4, -0.2) is 7.11 Å². The minimum absolute atomic E-state index is 0.152. The smallest absolute Gasteiger partial charge is 0.121 e. The summed E-state index contributed by atoms with van der Waals surface area (Å²) in [7, 11) is 1.67. The highest BCUT2D eigenvalue weighted by Gasteiger charge is 2.11. The summed E-state index contributed by atoms with van der Waals surface area (Å²) in [6.45, 7) is 4.00. The van der Waals surface area contributed by atoms with Gasteiger partial charge >= 0.3 is 0 Å². The van der Waals surface area contributed by atoms with E-state index in [9.17, 15) is 0 Å². The molecule has 2 rings (SSSR count). The van der Waals surface area contributed by atoms with Gasteiger partial charge in [-0.05, 0) is 48.2 Å². The van der Waals surface area contributed by atoms with Gasteiger partial charge in [-0.1, -0.05) is 35.9 Å². The van der Waals surface area contributed by atoms with Gasteiger partial charge in [-0.2, -0.15) is 0 Å². The summed E-state index contributed by atoms with van der Waals surface area (Å²) in [6.07, 6.45) is 0. The van der Waals surface area contributed by atoms with E-state index in [1.807, 2.05) is 44.2 Å². The van der Waals surface area contributed by atoms with Crippen LogP contribution in [-0.2, 0) is 0 Å². The van der Waals surface area contributed by atoms with Crippen LogP contribution in [0.4, 0.5) is 0 Å². The van der Waals surface area contributed by atoms with Crippen molar-refractivity contribution in [2.75, 3.05) is 7.11 Å². The van der Waals surface area contributed by atoms with E-state index in [0.29, 0.717) is 0 Å². The molecule has 1 unspecified atom stereocenters. The van der Waals surface area contributed by atoms with Crippen LogP contribution in [0.15, 0.2) is 36.4 Å². The standard InChI is InChI=1S/C16H18ClNO/c1-10-8-12(4-6-14(10)17)16(18)13-5-7-15(19-3)11(2)9-13/h4-9,16H,18H2,1-3H3. The summed E-state index contributed by atoms with van der Waals surface area (Å²) < 4.78 is 5.26. The Balaban J connectivity index is 2.35. The number of nitrogens with two attached hydrogens (primary N) is 1. The van der Waals surface area contributed by atoms with Gasteiger partial charge in [-0.3, -0.25) is 0 Å². The van der Waals surface area contributed by atoms with E-state index in [1.54, 1.807) is 7.11 Å². The van der Waals surface area contributed by atoms with Gasteiger partial charge in [-0.25, -0.2) is 0 Å². The molecule has 2 N–H and O–H groups in total. The van der Waals surface area contributed by atoms with E-state index in [4.69, 9.17) is 22.1 Å². The molecule has 2 aromatic carbocycles. The van der Waals surface area contributed by atoms with Crippen molar-refractivity contribution in [3.05, 3.63) is 63.7 Å². The first kappa shape index (κ1) is 13.9. The van der Waals surface area contributed by atoms with Crippen molar-refractivity contribution >= 4 is 11.6 Å². The molecule has 100 valence electrons. The summed E-state index contributed by atoms with van der Waals surface area (Å²) in [6, 6.07) is 11.8. The van der Waals surface area contributed by atoms with E-state index in [0.717, 1.165) is 33.0 Å². The van der Waals surface area contributed by atoms with Crippen molar-refractivity contribution in [2.45, 2.75) is 19.9 Å². The molecule has 0 amide bonds. The van der Waals surface area contributed by atoms with E-state index < -0.39 is 0 Å². The normalized spacial score (nSPS) is 12.3. The maximum absolute atomic E-state index is 6.31. The number of ether oxygens (including phenoxy) is 1. The summed E-state index contributed by atoms with van der Waals surface area (Å²) in [5, 5.41) is 0.766. The van der Waals surface area contributed by atoms with Crippen LogP contribution in [0.1, 0.15) is 28.3 Å². The van der Waals surface area contributed by atoms with Crippen LogP contribution < -0.4 is 10.5 Å². The van der Waals surface area contributed by atoms with Crippen LogP contribution in [0.25, 0.3) is 0 Å². The maximum Gasteiger partial charge on any atom is 0.121 e. The van der Waals surface area contributed by atoms with E-state index in [1.165, 1.54) is 0 Å². The second kappa shape index (κ2) is 5.64. The van der Waals surface area contributed by atoms with Gasteiger partial charge in [0.15, 0.2) is 0 Å². The molecule has 0 fully saturated rings. The van der Waals surface area contributed by atoms with Gasteiger partial charge in [0.2, 0.25) is 0 Å². The first-order chi connectivity index (χ1) is 9.02. The van der Waals surface area contributed by atoms with Crippen LogP contribution >= 0.6 is 11.6 Å². The molecule has 1 atom stereocenters. The number of hydrogen-bond acceptors (Lipinski definition) is 2. The van der Waals surface area contributed by atoms with Gasteiger partial charge in [0.25, 0.3) is 0 Å². The molecule has 0 bridgehead atoms. The average molecular weight is 276 g/mol. The molecule has 0 aliphatic rings. The SMILES string of the molecule is COc1ccc(C(N)c2ccc(Cl)c(C)c2)cc1C. The van der Waals surface area contributed by atoms with Crippen LogP contribution in [0.5, 0.6) is 5.75 Å². The van der Waals surface area contributed by atoms with Gasteiger partial charge in [0.05, 0.1) is 13.2 Å². The second-order valence-corrected chi connectivity index (χ2v) is 5.12. The fourth-order valence-corrected chi connectivity index (χ4v) is 2.27. The molecule has 0 aliphatic carbocycles. The zero-order valence-electron chi connectivity index (χ0n) is 11.4. The Morgan fingerprint density at radius 1 is 1.00 bits per heavy atom. The lowest BCUT2D eigenvalue weighted by atomic mass is 9.97. The molecule has 3 heteroatoms. The molecular weight excluding hydrogens is 258 g/mol. The molecule has 19 heavy (non-hydrogen) atoms. The topological polar surface area (TPSA) is 35.2 Å². The number of aryl methyl sites for hydroxylation is 2. The van der Waals surface area contributed by atoms with E-state index in [2.05, 4.69) is 6.07 Å². The molecule has 0 saturated carbocycles. The van der Waals surface area contributed by atoms with Crippen molar-refractivity contribution < 1.29 is 4.74 Å². The molecule has 0 heterocycles. The van der Waals surface area contributed by atoms with E-state index in [-0.39, 0.29) is 6.04 Å². The lowest BCUT2D eigenvalue weighted by Gasteiger charge is -2.15. The summed E-state index contributed by atoms with van der Waals surface area (Å²) in [5.74, 6) is 0.878. The highest BCUT2D eigenvalue weighted by atomic mass is 35.5. The second-order valence-electron chi connectivity index (χ2n) is 4.72. The molecule has 0 aromatic heterocycles. The van der Waals surface area contributed by atoms with E-state index >= 15 is 0 Å². The zero-order chi connectivity index (χ0) is 14.0. The predicted octanol–water partition coefficient (Wildman–Crippen LogP) is 4.01. The number of methoxy groups -OCH3 is 1. The highest BCUT2D eigenvalue weighted by molar-refractivity contribution is 6.31. The van der Waals surface area contributed by atoms with Gasteiger partial charge in [0, 0.05) is 5.02 Å². The number of benzene rings is 2. The first-order valence-corrected chi connectivity index (χ1v) is 6.57. The summed E-state index contributed by atoms with van der Waals surface area (Å²) in [4.78, 5) is 0. The Hall–Kier alpha value is -1.51. The van der Waals surface area contributed by atoms with Gasteiger partial charge < -0.3 is 10.5 Å². The first-order valence-electron chi connectivity index (χ1n) is 6.19. The van der Waals surface area contributed by atoms with Crippen LogP contribution in [0.2, 0.25) is 5.02 Å². The van der Waals surface area contributed by atoms with Crippen molar-refractivity contribution in [2.24, 2.45) is 5.73 Å². The molecule has 0 spiro atoms. The Labute approximate surface area is 119 Å². The third kappa shape index (κ3) is 2.91. The Bertz CT molecular complexity index is 595. The lowest BCUT2D eigenvalue weighted by Crippen LogP contribution is -2.12. The van der Waals surface area contributed by atoms with Crippen molar-refractivity contribution in [3.8, 4) is 5.75 Å². The lowest BCUT2D eigenvalue weighted by molar-refractivity contribution is 0.411. The Morgan fingerprint density at radius 3 is 2.11 bits per heavy atom. The Morgan fingerprint density at radius 2 is 1.58 bits per heavy atom. The van der Waals surface area contributed by atoms with Gasteiger partial charge in [0.1, 0.15) is 5.75 Å². The predicted molar refractivity (Wildman–Crippen MR) is 80.0 cm³/mol. The molecular formula is C16H18ClNO. The molecule has 0 radical (unpaired) electrons. The quantitative estimate of drug-likeness (QED) is 0.918. The molecule has 0 aliphatic heterocycles. The van der Waals surface area contributed by atoms with Gasteiger partial charge in [-0.15, -0.1) is 0 Å². The summed E-state index contributed by atoms with van der Waals surface area (Å²) >= 11 is 6.04. The zero-order valence-corrected chi connectivity index (χ0v) is 12.2. The third-order valence-electron chi connectivity index (χ3n) is 3.32. The largest absolute Gasteiger partial charge is 0.496 e. The van der Waals surface area contributed by atoms with Crippen molar-refractivity contribution in [3.63, 3.8) is 0 Å².